The highest BCUT2D eigenvalue weighted by Crippen LogP contribution is 2.48. The summed E-state index contributed by atoms with van der Waals surface area (Å²) in [6.07, 6.45) is 0. The first-order valence-electron chi connectivity index (χ1n) is 12.7. The smallest absolute Gasteiger partial charge is 0.354 e. The molecule has 3 aromatic carbocycles. The van der Waals surface area contributed by atoms with E-state index in [1.165, 1.54) is 4.90 Å². The monoisotopic (exact) mass is 548 g/mol. The van der Waals surface area contributed by atoms with Crippen molar-refractivity contribution in [1.82, 2.24) is 4.90 Å². The van der Waals surface area contributed by atoms with Crippen LogP contribution in [0.15, 0.2) is 72.8 Å². The second-order valence-electron chi connectivity index (χ2n) is 9.04. The Kier molecular flexibility index (Phi) is 8.55. The molecular weight excluding hydrogens is 515 g/mol. The van der Waals surface area contributed by atoms with Gasteiger partial charge in [0.25, 0.3) is 5.91 Å². The predicted octanol–water partition coefficient (Wildman–Crippen LogP) is 5.63. The van der Waals surface area contributed by atoms with Gasteiger partial charge in [0.1, 0.15) is 0 Å². The zero-order valence-electron chi connectivity index (χ0n) is 22.7. The Morgan fingerprint density at radius 2 is 1.56 bits per heavy atom. The van der Waals surface area contributed by atoms with Crippen LogP contribution in [0.5, 0.6) is 0 Å². The van der Waals surface area contributed by atoms with Crippen LogP contribution in [0.25, 0.3) is 11.3 Å². The Bertz CT molecular complexity index is 1430. The van der Waals surface area contributed by atoms with Crippen LogP contribution in [0.2, 0.25) is 0 Å². The molecule has 9 nitrogen and oxygen atoms in total. The summed E-state index contributed by atoms with van der Waals surface area (Å²) < 4.78 is 24.6. The number of rotatable bonds is 9. The molecule has 39 heavy (non-hydrogen) atoms. The second-order valence-corrected chi connectivity index (χ2v) is 11.1. The molecule has 2 N–H and O–H groups in total. The fourth-order valence-corrected chi connectivity index (χ4v) is 5.90. The molecule has 0 fully saturated rings. The van der Waals surface area contributed by atoms with Gasteiger partial charge in [-0.15, -0.1) is 0 Å². The number of nitrogens with one attached hydrogen (secondary N) is 2. The number of carbonyl (C=O) groups excluding carboxylic acids is 2. The Morgan fingerprint density at radius 3 is 2.15 bits per heavy atom. The van der Waals surface area contributed by atoms with E-state index in [1.807, 2.05) is 54.6 Å². The molecule has 1 aliphatic heterocycles. The number of fused-ring (bicyclic) bond motifs is 1. The van der Waals surface area contributed by atoms with Crippen molar-refractivity contribution < 1.29 is 23.2 Å². The Morgan fingerprint density at radius 1 is 0.923 bits per heavy atom. The summed E-state index contributed by atoms with van der Waals surface area (Å²) in [6, 6.07) is 21.8. The van der Waals surface area contributed by atoms with Gasteiger partial charge in [0, 0.05) is 43.8 Å². The highest BCUT2D eigenvalue weighted by atomic mass is 31.2. The third-order valence-corrected chi connectivity index (χ3v) is 8.27. The minimum absolute atomic E-state index is 0.144. The van der Waals surface area contributed by atoms with E-state index in [4.69, 9.17) is 9.05 Å². The quantitative estimate of drug-likeness (QED) is 0.266. The molecule has 1 heterocycles. The first-order valence-corrected chi connectivity index (χ1v) is 14.2. The Hall–Kier alpha value is -3.91. The van der Waals surface area contributed by atoms with Crippen molar-refractivity contribution in [2.75, 3.05) is 49.9 Å². The second kappa shape index (κ2) is 11.9. The SMILES string of the molecule is CCOP(=O)(OCC)c1ccc2c(c1)C(=C(Nc1ccc(N(C)C(=O)N(C)C)cc1)c1ccccc1)C(=O)N2. The van der Waals surface area contributed by atoms with E-state index in [0.717, 1.165) is 16.9 Å². The topological polar surface area (TPSA) is 100 Å². The van der Waals surface area contributed by atoms with Crippen molar-refractivity contribution in [3.63, 3.8) is 0 Å². The number of urea groups is 1. The van der Waals surface area contributed by atoms with E-state index in [1.54, 1.807) is 58.1 Å². The standard InChI is InChI=1S/C29H33N4O5P/c1-6-37-39(36,38-7-2)23-17-18-25-24(19-23)26(28(34)31-25)27(20-11-9-8-10-12-20)30-21-13-15-22(16-14-21)33(5)29(35)32(3)4/h8-19,30H,6-7H2,1-5H3,(H,31,34). The van der Waals surface area contributed by atoms with Gasteiger partial charge in [0.15, 0.2) is 0 Å². The van der Waals surface area contributed by atoms with E-state index in [0.29, 0.717) is 27.8 Å². The molecule has 0 saturated heterocycles. The first kappa shape index (κ1) is 28.1. The first-order chi connectivity index (χ1) is 18.7. The van der Waals surface area contributed by atoms with Crippen LogP contribution >= 0.6 is 7.60 Å². The summed E-state index contributed by atoms with van der Waals surface area (Å²) in [5.41, 5.74) is 4.43. The summed E-state index contributed by atoms with van der Waals surface area (Å²) in [4.78, 5) is 28.7. The van der Waals surface area contributed by atoms with Crippen molar-refractivity contribution in [2.45, 2.75) is 13.8 Å². The molecule has 0 atom stereocenters. The average molecular weight is 549 g/mol. The van der Waals surface area contributed by atoms with Crippen LogP contribution in [0.1, 0.15) is 25.0 Å². The highest BCUT2D eigenvalue weighted by molar-refractivity contribution is 7.62. The summed E-state index contributed by atoms with van der Waals surface area (Å²) >= 11 is 0. The summed E-state index contributed by atoms with van der Waals surface area (Å²) in [5, 5.41) is 6.70. The average Bonchev–Trinajstić information content (AvgIpc) is 3.26. The third kappa shape index (κ3) is 5.91. The fourth-order valence-electron chi connectivity index (χ4n) is 4.31. The number of carbonyl (C=O) groups is 2. The molecule has 0 unspecified atom stereocenters. The lowest BCUT2D eigenvalue weighted by atomic mass is 10.00. The zero-order valence-corrected chi connectivity index (χ0v) is 23.6. The van der Waals surface area contributed by atoms with Crippen LogP contribution in [0.3, 0.4) is 0 Å². The van der Waals surface area contributed by atoms with Gasteiger partial charge in [0.2, 0.25) is 0 Å². The maximum Gasteiger partial charge on any atom is 0.361 e. The van der Waals surface area contributed by atoms with Gasteiger partial charge in [-0.3, -0.25) is 14.3 Å². The van der Waals surface area contributed by atoms with E-state index < -0.39 is 7.60 Å². The van der Waals surface area contributed by atoms with E-state index in [9.17, 15) is 14.2 Å². The Balaban J connectivity index is 1.80. The number of nitrogens with zero attached hydrogens (tertiary/aromatic N) is 2. The molecule has 10 heteroatoms. The largest absolute Gasteiger partial charge is 0.361 e. The zero-order chi connectivity index (χ0) is 28.2. The molecule has 1 aliphatic rings. The summed E-state index contributed by atoms with van der Waals surface area (Å²) in [6.45, 7) is 3.95. The summed E-state index contributed by atoms with van der Waals surface area (Å²) in [7, 11) is 1.54. The van der Waals surface area contributed by atoms with Crippen molar-refractivity contribution in [3.8, 4) is 0 Å². The number of amides is 3. The van der Waals surface area contributed by atoms with Gasteiger partial charge in [-0.05, 0) is 61.9 Å². The van der Waals surface area contributed by atoms with Crippen LogP contribution in [0.4, 0.5) is 21.9 Å². The van der Waals surface area contributed by atoms with Gasteiger partial charge in [0.05, 0.1) is 29.8 Å². The molecule has 0 aliphatic carbocycles. The van der Waals surface area contributed by atoms with Crippen LogP contribution < -0.4 is 20.8 Å². The molecule has 0 aromatic heterocycles. The Labute approximate surface area is 228 Å². The van der Waals surface area contributed by atoms with E-state index >= 15 is 0 Å². The lowest BCUT2D eigenvalue weighted by Crippen LogP contribution is -2.36. The van der Waals surface area contributed by atoms with Crippen molar-refractivity contribution in [1.29, 1.82) is 0 Å². The fraction of sp³-hybridized carbons (Fsp3) is 0.241. The van der Waals surface area contributed by atoms with Crippen LogP contribution in [-0.4, -0.2) is 51.2 Å². The molecule has 0 radical (unpaired) electrons. The number of hydrogen-bond donors (Lipinski definition) is 2. The molecule has 3 aromatic rings. The van der Waals surface area contributed by atoms with Crippen LogP contribution in [0, 0.1) is 0 Å². The molecule has 0 saturated carbocycles. The molecule has 3 amide bonds. The van der Waals surface area contributed by atoms with Gasteiger partial charge < -0.3 is 24.6 Å². The van der Waals surface area contributed by atoms with Gasteiger partial charge in [-0.25, -0.2) is 4.79 Å². The van der Waals surface area contributed by atoms with Gasteiger partial charge in [-0.2, -0.15) is 0 Å². The number of benzene rings is 3. The lowest BCUT2D eigenvalue weighted by molar-refractivity contribution is -0.110. The number of hydrogen-bond acceptors (Lipinski definition) is 6. The predicted molar refractivity (Wildman–Crippen MR) is 156 cm³/mol. The minimum Gasteiger partial charge on any atom is -0.354 e. The van der Waals surface area contributed by atoms with E-state index in [2.05, 4.69) is 10.6 Å². The maximum atomic E-state index is 13.5. The lowest BCUT2D eigenvalue weighted by Gasteiger charge is -2.22. The van der Waals surface area contributed by atoms with Crippen molar-refractivity contribution in [2.24, 2.45) is 0 Å². The van der Waals surface area contributed by atoms with Crippen LogP contribution in [-0.2, 0) is 18.4 Å². The van der Waals surface area contributed by atoms with Crippen molar-refractivity contribution in [3.05, 3.63) is 83.9 Å². The summed E-state index contributed by atoms with van der Waals surface area (Å²) in [5.74, 6) is -0.288. The van der Waals surface area contributed by atoms with E-state index in [-0.39, 0.29) is 25.2 Å². The number of anilines is 3. The maximum absolute atomic E-state index is 13.5. The molecule has 0 spiro atoms. The third-order valence-electron chi connectivity index (χ3n) is 6.17. The normalized spacial score (nSPS) is 13.9. The van der Waals surface area contributed by atoms with Crippen molar-refractivity contribution >= 4 is 53.2 Å². The highest BCUT2D eigenvalue weighted by Gasteiger charge is 2.33. The van der Waals surface area contributed by atoms with Gasteiger partial charge in [-0.1, -0.05) is 30.3 Å². The molecule has 4 rings (SSSR count). The molecule has 204 valence electrons. The molecular formula is C29H33N4O5P. The minimum atomic E-state index is -3.57. The van der Waals surface area contributed by atoms with Gasteiger partial charge >= 0.3 is 13.6 Å². The molecule has 0 bridgehead atoms.